The maximum absolute atomic E-state index is 12.6. The second-order valence-corrected chi connectivity index (χ2v) is 5.96. The Morgan fingerprint density at radius 3 is 2.33 bits per heavy atom. The number of hydrogen-bond donors (Lipinski definition) is 1. The minimum absolute atomic E-state index is 0.161. The van der Waals surface area contributed by atoms with E-state index in [2.05, 4.69) is 15.3 Å². The highest BCUT2D eigenvalue weighted by Crippen LogP contribution is 2.24. The van der Waals surface area contributed by atoms with Crippen LogP contribution in [0, 0.1) is 13.8 Å². The second-order valence-electron chi connectivity index (χ2n) is 5.96. The fourth-order valence-electron chi connectivity index (χ4n) is 2.54. The molecule has 0 saturated carbocycles. The molecule has 1 heterocycles. The summed E-state index contributed by atoms with van der Waals surface area (Å²) in [5, 5.41) is 2.97. The van der Waals surface area contributed by atoms with Crippen molar-refractivity contribution in [1.82, 2.24) is 9.97 Å². The number of amides is 1. The van der Waals surface area contributed by atoms with Gasteiger partial charge in [0.15, 0.2) is 0 Å². The van der Waals surface area contributed by atoms with Crippen molar-refractivity contribution < 1.29 is 4.79 Å². The number of para-hydroxylation sites is 2. The zero-order valence-corrected chi connectivity index (χ0v) is 14.3. The SMILES string of the molecule is Cc1nc2ccc(C(=O)Nc3ccccc3N(C)C)cc2nc1C. The van der Waals surface area contributed by atoms with E-state index in [1.165, 1.54) is 0 Å². The van der Waals surface area contributed by atoms with Gasteiger partial charge in [-0.1, -0.05) is 12.1 Å². The summed E-state index contributed by atoms with van der Waals surface area (Å²) in [4.78, 5) is 23.6. The van der Waals surface area contributed by atoms with Crippen LogP contribution in [0.25, 0.3) is 11.0 Å². The van der Waals surface area contributed by atoms with E-state index in [9.17, 15) is 4.79 Å². The van der Waals surface area contributed by atoms with E-state index in [1.807, 2.05) is 63.2 Å². The standard InChI is InChI=1S/C19H20N4O/c1-12-13(2)21-17-11-14(9-10-15(17)20-12)19(24)22-16-7-5-6-8-18(16)23(3)4/h5-11H,1-4H3,(H,22,24). The van der Waals surface area contributed by atoms with Crippen molar-refractivity contribution >= 4 is 28.3 Å². The topological polar surface area (TPSA) is 58.1 Å². The molecular formula is C19H20N4O. The van der Waals surface area contributed by atoms with Crippen LogP contribution >= 0.6 is 0 Å². The number of rotatable bonds is 3. The van der Waals surface area contributed by atoms with Gasteiger partial charge in [0.2, 0.25) is 0 Å². The normalized spacial score (nSPS) is 10.7. The number of hydrogen-bond acceptors (Lipinski definition) is 4. The molecule has 24 heavy (non-hydrogen) atoms. The summed E-state index contributed by atoms with van der Waals surface area (Å²) in [6.45, 7) is 3.85. The Morgan fingerprint density at radius 1 is 0.958 bits per heavy atom. The van der Waals surface area contributed by atoms with Crippen LogP contribution in [0.3, 0.4) is 0 Å². The van der Waals surface area contributed by atoms with Crippen LogP contribution in [-0.2, 0) is 0 Å². The highest BCUT2D eigenvalue weighted by atomic mass is 16.1. The molecule has 5 nitrogen and oxygen atoms in total. The molecule has 0 unspecified atom stereocenters. The molecule has 0 atom stereocenters. The van der Waals surface area contributed by atoms with E-state index >= 15 is 0 Å². The third kappa shape index (κ3) is 3.06. The molecule has 0 bridgehead atoms. The molecule has 2 aromatic carbocycles. The number of aromatic nitrogens is 2. The van der Waals surface area contributed by atoms with Gasteiger partial charge >= 0.3 is 0 Å². The fourth-order valence-corrected chi connectivity index (χ4v) is 2.54. The lowest BCUT2D eigenvalue weighted by Gasteiger charge is -2.17. The Kier molecular flexibility index (Phi) is 4.16. The molecule has 1 aromatic heterocycles. The van der Waals surface area contributed by atoms with Crippen LogP contribution < -0.4 is 10.2 Å². The van der Waals surface area contributed by atoms with Crippen molar-refractivity contribution in [3.63, 3.8) is 0 Å². The van der Waals surface area contributed by atoms with E-state index in [0.717, 1.165) is 33.8 Å². The summed E-state index contributed by atoms with van der Waals surface area (Å²) >= 11 is 0. The van der Waals surface area contributed by atoms with Crippen LogP contribution in [0.2, 0.25) is 0 Å². The van der Waals surface area contributed by atoms with Crippen molar-refractivity contribution in [1.29, 1.82) is 0 Å². The molecular weight excluding hydrogens is 300 g/mol. The third-order valence-corrected chi connectivity index (χ3v) is 3.97. The Labute approximate surface area is 141 Å². The number of fused-ring (bicyclic) bond motifs is 1. The average molecular weight is 320 g/mol. The Hall–Kier alpha value is -2.95. The molecule has 0 aliphatic carbocycles. The number of anilines is 2. The molecule has 122 valence electrons. The van der Waals surface area contributed by atoms with Gasteiger partial charge in [-0.15, -0.1) is 0 Å². The summed E-state index contributed by atoms with van der Waals surface area (Å²) in [5.41, 5.74) is 5.60. The molecule has 1 N–H and O–H groups in total. The third-order valence-electron chi connectivity index (χ3n) is 3.97. The van der Waals surface area contributed by atoms with Crippen molar-refractivity contribution in [2.75, 3.05) is 24.3 Å². The summed E-state index contributed by atoms with van der Waals surface area (Å²) in [6.07, 6.45) is 0. The Morgan fingerprint density at radius 2 is 1.62 bits per heavy atom. The molecule has 0 aliphatic heterocycles. The van der Waals surface area contributed by atoms with Gasteiger partial charge < -0.3 is 10.2 Å². The molecule has 5 heteroatoms. The summed E-state index contributed by atoms with van der Waals surface area (Å²) in [5.74, 6) is -0.161. The minimum atomic E-state index is -0.161. The van der Waals surface area contributed by atoms with Gasteiger partial charge in [0.25, 0.3) is 5.91 Å². The van der Waals surface area contributed by atoms with Crippen molar-refractivity contribution in [3.8, 4) is 0 Å². The van der Waals surface area contributed by atoms with Crippen LogP contribution in [0.1, 0.15) is 21.7 Å². The van der Waals surface area contributed by atoms with E-state index in [1.54, 1.807) is 12.1 Å². The van der Waals surface area contributed by atoms with Gasteiger partial charge in [0.1, 0.15) is 0 Å². The molecule has 1 amide bonds. The Balaban J connectivity index is 1.93. The Bertz CT molecular complexity index is 918. The number of nitrogens with one attached hydrogen (secondary N) is 1. The summed E-state index contributed by atoms with van der Waals surface area (Å²) in [7, 11) is 3.89. The van der Waals surface area contributed by atoms with Gasteiger partial charge in [-0.3, -0.25) is 4.79 Å². The zero-order chi connectivity index (χ0) is 17.3. The lowest BCUT2D eigenvalue weighted by molar-refractivity contribution is 0.102. The second kappa shape index (κ2) is 6.28. The monoisotopic (exact) mass is 320 g/mol. The smallest absolute Gasteiger partial charge is 0.255 e. The van der Waals surface area contributed by atoms with E-state index in [-0.39, 0.29) is 5.91 Å². The molecule has 0 fully saturated rings. The quantitative estimate of drug-likeness (QED) is 0.801. The number of benzene rings is 2. The minimum Gasteiger partial charge on any atom is -0.376 e. The van der Waals surface area contributed by atoms with Crippen LogP contribution in [0.4, 0.5) is 11.4 Å². The van der Waals surface area contributed by atoms with Crippen molar-refractivity contribution in [3.05, 3.63) is 59.4 Å². The molecule has 0 radical (unpaired) electrons. The van der Waals surface area contributed by atoms with Gasteiger partial charge in [-0.25, -0.2) is 9.97 Å². The maximum atomic E-state index is 12.6. The van der Waals surface area contributed by atoms with E-state index < -0.39 is 0 Å². The summed E-state index contributed by atoms with van der Waals surface area (Å²) < 4.78 is 0. The molecule has 3 rings (SSSR count). The van der Waals surface area contributed by atoms with Gasteiger partial charge in [0.05, 0.1) is 33.8 Å². The van der Waals surface area contributed by atoms with Gasteiger partial charge in [-0.05, 0) is 44.2 Å². The van der Waals surface area contributed by atoms with Crippen molar-refractivity contribution in [2.45, 2.75) is 13.8 Å². The molecule has 3 aromatic rings. The first kappa shape index (κ1) is 15.9. The number of carbonyl (C=O) groups is 1. The molecule has 0 saturated heterocycles. The predicted octanol–water partition coefficient (Wildman–Crippen LogP) is 3.56. The lowest BCUT2D eigenvalue weighted by atomic mass is 10.1. The predicted molar refractivity (Wildman–Crippen MR) is 97.7 cm³/mol. The van der Waals surface area contributed by atoms with Gasteiger partial charge in [-0.2, -0.15) is 0 Å². The molecule has 0 spiro atoms. The van der Waals surface area contributed by atoms with Gasteiger partial charge in [0, 0.05) is 19.7 Å². The van der Waals surface area contributed by atoms with Crippen LogP contribution in [-0.4, -0.2) is 30.0 Å². The first-order valence-electron chi connectivity index (χ1n) is 7.78. The van der Waals surface area contributed by atoms with Crippen molar-refractivity contribution in [2.24, 2.45) is 0 Å². The lowest BCUT2D eigenvalue weighted by Crippen LogP contribution is -2.16. The number of carbonyl (C=O) groups excluding carboxylic acids is 1. The number of nitrogens with zero attached hydrogens (tertiary/aromatic N) is 3. The summed E-state index contributed by atoms with van der Waals surface area (Å²) in [6, 6.07) is 13.1. The average Bonchev–Trinajstić information content (AvgIpc) is 2.55. The first-order chi connectivity index (χ1) is 11.5. The van der Waals surface area contributed by atoms with E-state index in [0.29, 0.717) is 5.56 Å². The largest absolute Gasteiger partial charge is 0.376 e. The zero-order valence-electron chi connectivity index (χ0n) is 14.3. The number of aryl methyl sites for hydroxylation is 2. The first-order valence-corrected chi connectivity index (χ1v) is 7.78. The van der Waals surface area contributed by atoms with E-state index in [4.69, 9.17) is 0 Å². The highest BCUT2D eigenvalue weighted by Gasteiger charge is 2.11. The fraction of sp³-hybridized carbons (Fsp3) is 0.211. The maximum Gasteiger partial charge on any atom is 0.255 e. The molecule has 0 aliphatic rings. The highest BCUT2D eigenvalue weighted by molar-refractivity contribution is 6.07. The van der Waals surface area contributed by atoms with Crippen LogP contribution in [0.15, 0.2) is 42.5 Å². The van der Waals surface area contributed by atoms with Crippen LogP contribution in [0.5, 0.6) is 0 Å².